The Kier molecular flexibility index (Phi) is 9.35. The van der Waals surface area contributed by atoms with Gasteiger partial charge in [0.25, 0.3) is 21.8 Å². The quantitative estimate of drug-likeness (QED) is 0.195. The van der Waals surface area contributed by atoms with Gasteiger partial charge in [0.1, 0.15) is 16.4 Å². The largest absolute Gasteiger partial charge is 0.496 e. The molecule has 1 saturated heterocycles. The average Bonchev–Trinajstić information content (AvgIpc) is 3.02. The molecule has 0 atom stereocenters. The molecule has 1 fully saturated rings. The molecule has 11 heteroatoms. The number of methoxy groups -OCH3 is 2. The molecule has 4 aromatic carbocycles. The van der Waals surface area contributed by atoms with E-state index in [4.69, 9.17) is 9.47 Å². The molecule has 0 saturated carbocycles. The fourth-order valence-corrected chi connectivity index (χ4v) is 6.06. The SMILES string of the molecule is COc1ccccc1C(=O)NCCNc1cccc(NS(=O)(=O)c2cc(-c3cccc(C(=O)N4CCC4)c3)ccc2OC)c1. The van der Waals surface area contributed by atoms with Gasteiger partial charge in [-0.25, -0.2) is 8.42 Å². The maximum Gasteiger partial charge on any atom is 0.265 e. The molecule has 0 aromatic heterocycles. The zero-order valence-corrected chi connectivity index (χ0v) is 25.3. The van der Waals surface area contributed by atoms with E-state index in [1.807, 2.05) is 6.07 Å². The lowest BCUT2D eigenvalue weighted by Crippen LogP contribution is -2.41. The molecule has 1 aliphatic heterocycles. The van der Waals surface area contributed by atoms with E-state index in [1.165, 1.54) is 14.2 Å². The lowest BCUT2D eigenvalue weighted by Gasteiger charge is -2.31. The molecule has 5 rings (SSSR count). The Morgan fingerprint density at radius 3 is 2.25 bits per heavy atom. The van der Waals surface area contributed by atoms with Crippen LogP contribution in [0.4, 0.5) is 11.4 Å². The molecule has 0 aliphatic carbocycles. The Balaban J connectivity index is 1.26. The minimum Gasteiger partial charge on any atom is -0.496 e. The standard InChI is InChI=1S/C33H34N4O6S/c1-42-29-13-4-3-12-28(29)32(38)35-17-16-34-26-10-6-11-27(22-26)36-44(40,41)31-21-24(14-15-30(31)43-2)23-8-5-9-25(20-23)33(39)37-18-7-19-37/h3-6,8-15,20-22,34,36H,7,16-19H2,1-2H3,(H,35,38). The van der Waals surface area contributed by atoms with E-state index >= 15 is 0 Å². The van der Waals surface area contributed by atoms with Crippen LogP contribution in [0.5, 0.6) is 11.5 Å². The Labute approximate surface area is 257 Å². The van der Waals surface area contributed by atoms with Crippen molar-refractivity contribution in [2.45, 2.75) is 11.3 Å². The molecular formula is C33H34N4O6S. The average molecular weight is 615 g/mol. The van der Waals surface area contributed by atoms with Crippen molar-refractivity contribution >= 4 is 33.2 Å². The number of nitrogens with zero attached hydrogens (tertiary/aromatic N) is 1. The number of sulfonamides is 1. The Bertz CT molecular complexity index is 1770. The van der Waals surface area contributed by atoms with Crippen LogP contribution in [0.15, 0.2) is 95.9 Å². The number of carbonyl (C=O) groups excluding carboxylic acids is 2. The Morgan fingerprint density at radius 1 is 0.773 bits per heavy atom. The Hall–Kier alpha value is -5.03. The van der Waals surface area contributed by atoms with E-state index in [1.54, 1.807) is 89.8 Å². The number of benzene rings is 4. The van der Waals surface area contributed by atoms with E-state index in [-0.39, 0.29) is 22.5 Å². The first-order valence-electron chi connectivity index (χ1n) is 14.1. The zero-order valence-electron chi connectivity index (χ0n) is 24.5. The molecule has 0 radical (unpaired) electrons. The van der Waals surface area contributed by atoms with Gasteiger partial charge in [-0.2, -0.15) is 0 Å². The number of carbonyl (C=O) groups is 2. The predicted octanol–water partition coefficient (Wildman–Crippen LogP) is 4.86. The highest BCUT2D eigenvalue weighted by molar-refractivity contribution is 7.92. The van der Waals surface area contributed by atoms with Crippen molar-refractivity contribution in [3.8, 4) is 22.6 Å². The van der Waals surface area contributed by atoms with Crippen molar-refractivity contribution in [3.63, 3.8) is 0 Å². The zero-order chi connectivity index (χ0) is 31.1. The molecule has 1 aliphatic rings. The summed E-state index contributed by atoms with van der Waals surface area (Å²) in [6, 6.07) is 25.9. The summed E-state index contributed by atoms with van der Waals surface area (Å²) >= 11 is 0. The molecule has 228 valence electrons. The number of hydrogen-bond donors (Lipinski definition) is 3. The molecule has 0 bridgehead atoms. The highest BCUT2D eigenvalue weighted by Crippen LogP contribution is 2.32. The Morgan fingerprint density at radius 2 is 1.50 bits per heavy atom. The number of hydrogen-bond acceptors (Lipinski definition) is 7. The molecule has 1 heterocycles. The maximum absolute atomic E-state index is 13.6. The summed E-state index contributed by atoms with van der Waals surface area (Å²) in [5.41, 5.74) is 3.38. The van der Waals surface area contributed by atoms with Crippen LogP contribution in [0.1, 0.15) is 27.1 Å². The van der Waals surface area contributed by atoms with Crippen LogP contribution in [-0.4, -0.2) is 65.5 Å². The van der Waals surface area contributed by atoms with E-state index in [2.05, 4.69) is 15.4 Å². The number of anilines is 2. The molecule has 4 aromatic rings. The molecule has 0 unspecified atom stereocenters. The van der Waals surface area contributed by atoms with Gasteiger partial charge in [0, 0.05) is 37.4 Å². The van der Waals surface area contributed by atoms with Crippen LogP contribution in [0.3, 0.4) is 0 Å². The van der Waals surface area contributed by atoms with Gasteiger partial charge in [0.15, 0.2) is 0 Å². The number of amides is 2. The fourth-order valence-electron chi connectivity index (χ4n) is 4.81. The van der Waals surface area contributed by atoms with Gasteiger partial charge in [0.2, 0.25) is 0 Å². The summed E-state index contributed by atoms with van der Waals surface area (Å²) in [4.78, 5) is 27.0. The molecule has 2 amide bonds. The van der Waals surface area contributed by atoms with Crippen molar-refractivity contribution in [1.29, 1.82) is 0 Å². The summed E-state index contributed by atoms with van der Waals surface area (Å²) in [5.74, 6) is 0.393. The van der Waals surface area contributed by atoms with E-state index in [9.17, 15) is 18.0 Å². The smallest absolute Gasteiger partial charge is 0.265 e. The van der Waals surface area contributed by atoms with Crippen molar-refractivity contribution in [2.75, 3.05) is 50.4 Å². The predicted molar refractivity (Wildman–Crippen MR) is 170 cm³/mol. The van der Waals surface area contributed by atoms with Crippen molar-refractivity contribution in [2.24, 2.45) is 0 Å². The van der Waals surface area contributed by atoms with E-state index in [0.29, 0.717) is 46.9 Å². The first-order valence-corrected chi connectivity index (χ1v) is 15.6. The molecular weight excluding hydrogens is 580 g/mol. The molecule has 10 nitrogen and oxygen atoms in total. The number of nitrogens with one attached hydrogen (secondary N) is 3. The highest BCUT2D eigenvalue weighted by Gasteiger charge is 2.23. The first-order chi connectivity index (χ1) is 21.3. The number of para-hydroxylation sites is 1. The molecule has 44 heavy (non-hydrogen) atoms. The van der Waals surface area contributed by atoms with E-state index < -0.39 is 10.0 Å². The second-order valence-electron chi connectivity index (χ2n) is 10.2. The van der Waals surface area contributed by atoms with Crippen molar-refractivity contribution in [1.82, 2.24) is 10.2 Å². The second-order valence-corrected chi connectivity index (χ2v) is 11.8. The molecule has 0 spiro atoms. The van der Waals surface area contributed by atoms with Crippen molar-refractivity contribution in [3.05, 3.63) is 102 Å². The monoisotopic (exact) mass is 614 g/mol. The highest BCUT2D eigenvalue weighted by atomic mass is 32.2. The number of rotatable bonds is 12. The van der Waals surface area contributed by atoms with Gasteiger partial charge in [-0.05, 0) is 72.1 Å². The van der Waals surface area contributed by atoms with Crippen LogP contribution in [0.25, 0.3) is 11.1 Å². The van der Waals surface area contributed by atoms with Crippen molar-refractivity contribution < 1.29 is 27.5 Å². The first kappa shape index (κ1) is 30.4. The number of likely N-dealkylation sites (tertiary alicyclic amines) is 1. The summed E-state index contributed by atoms with van der Waals surface area (Å²) in [6.07, 6.45) is 1.00. The number of ether oxygens (including phenoxy) is 2. The third-order valence-electron chi connectivity index (χ3n) is 7.25. The fraction of sp³-hybridized carbons (Fsp3) is 0.212. The van der Waals surface area contributed by atoms with Gasteiger partial charge in [-0.15, -0.1) is 0 Å². The second kappa shape index (κ2) is 13.5. The third-order valence-corrected chi connectivity index (χ3v) is 8.65. The lowest BCUT2D eigenvalue weighted by molar-refractivity contribution is 0.0651. The van der Waals surface area contributed by atoms with Crippen LogP contribution < -0.4 is 24.8 Å². The van der Waals surface area contributed by atoms with Crippen LogP contribution in [0, 0.1) is 0 Å². The normalized spacial score (nSPS) is 12.5. The van der Waals surface area contributed by atoms with Gasteiger partial charge in [-0.3, -0.25) is 14.3 Å². The summed E-state index contributed by atoms with van der Waals surface area (Å²) in [6.45, 7) is 2.24. The van der Waals surface area contributed by atoms with E-state index in [0.717, 1.165) is 25.1 Å². The summed E-state index contributed by atoms with van der Waals surface area (Å²) in [7, 11) is -1.13. The molecule has 3 N–H and O–H groups in total. The van der Waals surface area contributed by atoms with Gasteiger partial charge in [-0.1, -0.05) is 36.4 Å². The maximum atomic E-state index is 13.6. The minimum absolute atomic E-state index is 0.0330. The van der Waals surface area contributed by atoms with Crippen LogP contribution in [-0.2, 0) is 10.0 Å². The third kappa shape index (κ3) is 6.95. The van der Waals surface area contributed by atoms with Gasteiger partial charge < -0.3 is 25.0 Å². The lowest BCUT2D eigenvalue weighted by atomic mass is 10.0. The van der Waals surface area contributed by atoms with Crippen LogP contribution in [0.2, 0.25) is 0 Å². The van der Waals surface area contributed by atoms with Gasteiger partial charge >= 0.3 is 0 Å². The summed E-state index contributed by atoms with van der Waals surface area (Å²) < 4.78 is 40.4. The summed E-state index contributed by atoms with van der Waals surface area (Å²) in [5, 5.41) is 6.04. The van der Waals surface area contributed by atoms with Crippen LogP contribution >= 0.6 is 0 Å². The topological polar surface area (TPSA) is 126 Å². The van der Waals surface area contributed by atoms with Gasteiger partial charge in [0.05, 0.1) is 25.5 Å². The minimum atomic E-state index is -4.06.